The summed E-state index contributed by atoms with van der Waals surface area (Å²) in [5, 5.41) is 7.92. The standard InChI is InChI=1S/C15H21N5/c1-13(15-4-2-3-7-16-15)19-9-5-14(6-10-19)12-20-11-8-17-18-20/h2-4,7-8,11,13-14H,5-6,9-10,12H2,1H3. The Labute approximate surface area is 119 Å². The normalized spacial score (nSPS) is 19.1. The molecule has 0 bridgehead atoms. The van der Waals surface area contributed by atoms with Crippen molar-refractivity contribution >= 4 is 0 Å². The van der Waals surface area contributed by atoms with Gasteiger partial charge in [-0.15, -0.1) is 5.10 Å². The first kappa shape index (κ1) is 13.2. The highest BCUT2D eigenvalue weighted by atomic mass is 15.4. The molecule has 106 valence electrons. The van der Waals surface area contributed by atoms with E-state index in [2.05, 4.69) is 39.3 Å². The van der Waals surface area contributed by atoms with Crippen molar-refractivity contribution in [1.82, 2.24) is 24.9 Å². The Morgan fingerprint density at radius 2 is 2.10 bits per heavy atom. The van der Waals surface area contributed by atoms with Gasteiger partial charge < -0.3 is 0 Å². The molecule has 3 heterocycles. The Balaban J connectivity index is 1.53. The van der Waals surface area contributed by atoms with Gasteiger partial charge in [0.2, 0.25) is 0 Å². The molecule has 0 spiro atoms. The molecule has 0 saturated carbocycles. The van der Waals surface area contributed by atoms with Gasteiger partial charge in [-0.2, -0.15) is 0 Å². The smallest absolute Gasteiger partial charge is 0.0692 e. The lowest BCUT2D eigenvalue weighted by Crippen LogP contribution is -2.37. The highest BCUT2D eigenvalue weighted by Crippen LogP contribution is 2.26. The third-order valence-electron chi connectivity index (χ3n) is 4.23. The van der Waals surface area contributed by atoms with Crippen LogP contribution in [0.1, 0.15) is 31.5 Å². The first-order valence-electron chi connectivity index (χ1n) is 7.32. The summed E-state index contributed by atoms with van der Waals surface area (Å²) in [4.78, 5) is 7.00. The Kier molecular flexibility index (Phi) is 4.06. The van der Waals surface area contributed by atoms with Crippen molar-refractivity contribution in [3.63, 3.8) is 0 Å². The molecule has 0 aromatic carbocycles. The van der Waals surface area contributed by atoms with Crippen LogP contribution in [-0.2, 0) is 6.54 Å². The lowest BCUT2D eigenvalue weighted by atomic mass is 9.95. The SMILES string of the molecule is CC(c1ccccn1)N1CCC(Cn2ccnn2)CC1. The van der Waals surface area contributed by atoms with Crippen LogP contribution >= 0.6 is 0 Å². The van der Waals surface area contributed by atoms with Crippen molar-refractivity contribution in [3.05, 3.63) is 42.5 Å². The van der Waals surface area contributed by atoms with Gasteiger partial charge in [-0.05, 0) is 50.9 Å². The van der Waals surface area contributed by atoms with Gasteiger partial charge in [0.05, 0.1) is 11.9 Å². The van der Waals surface area contributed by atoms with Gasteiger partial charge in [0.1, 0.15) is 0 Å². The average Bonchev–Trinajstić information content (AvgIpc) is 3.01. The maximum Gasteiger partial charge on any atom is 0.0692 e. The van der Waals surface area contributed by atoms with Gasteiger partial charge in [-0.25, -0.2) is 0 Å². The second-order valence-corrected chi connectivity index (χ2v) is 5.54. The van der Waals surface area contributed by atoms with E-state index < -0.39 is 0 Å². The highest BCUT2D eigenvalue weighted by molar-refractivity contribution is 5.08. The number of nitrogens with zero attached hydrogens (tertiary/aromatic N) is 5. The van der Waals surface area contributed by atoms with Crippen LogP contribution in [0.15, 0.2) is 36.8 Å². The summed E-state index contributed by atoms with van der Waals surface area (Å²) in [6, 6.07) is 6.56. The highest BCUT2D eigenvalue weighted by Gasteiger charge is 2.24. The molecule has 1 aliphatic rings. The molecule has 2 aromatic rings. The minimum absolute atomic E-state index is 0.406. The van der Waals surface area contributed by atoms with E-state index >= 15 is 0 Å². The zero-order chi connectivity index (χ0) is 13.8. The lowest BCUT2D eigenvalue weighted by molar-refractivity contribution is 0.129. The molecule has 1 saturated heterocycles. The molecule has 0 N–H and O–H groups in total. The fraction of sp³-hybridized carbons (Fsp3) is 0.533. The maximum absolute atomic E-state index is 4.47. The molecule has 1 aliphatic heterocycles. The molecule has 1 unspecified atom stereocenters. The van der Waals surface area contributed by atoms with Crippen LogP contribution in [0.5, 0.6) is 0 Å². The van der Waals surface area contributed by atoms with Crippen molar-refractivity contribution in [1.29, 1.82) is 0 Å². The van der Waals surface area contributed by atoms with Crippen LogP contribution < -0.4 is 0 Å². The zero-order valence-corrected chi connectivity index (χ0v) is 11.9. The van der Waals surface area contributed by atoms with Crippen LogP contribution in [0.3, 0.4) is 0 Å². The van der Waals surface area contributed by atoms with E-state index in [4.69, 9.17) is 0 Å². The van der Waals surface area contributed by atoms with Gasteiger partial charge in [0.15, 0.2) is 0 Å². The quantitative estimate of drug-likeness (QED) is 0.855. The lowest BCUT2D eigenvalue weighted by Gasteiger charge is -2.35. The number of likely N-dealkylation sites (tertiary alicyclic amines) is 1. The Bertz CT molecular complexity index is 502. The number of rotatable bonds is 4. The summed E-state index contributed by atoms with van der Waals surface area (Å²) in [6.45, 7) is 5.51. The van der Waals surface area contributed by atoms with Crippen molar-refractivity contribution in [3.8, 4) is 0 Å². The summed E-state index contributed by atoms with van der Waals surface area (Å²) in [5.74, 6) is 0.712. The first-order valence-corrected chi connectivity index (χ1v) is 7.32. The summed E-state index contributed by atoms with van der Waals surface area (Å²) in [7, 11) is 0. The average molecular weight is 271 g/mol. The van der Waals surface area contributed by atoms with Crippen LogP contribution in [0.2, 0.25) is 0 Å². The summed E-state index contributed by atoms with van der Waals surface area (Å²) < 4.78 is 1.95. The van der Waals surface area contributed by atoms with Crippen LogP contribution in [0.4, 0.5) is 0 Å². The molecule has 2 aromatic heterocycles. The number of hydrogen-bond donors (Lipinski definition) is 0. The predicted molar refractivity (Wildman–Crippen MR) is 77.0 cm³/mol. The molecular formula is C15H21N5. The number of aromatic nitrogens is 4. The number of pyridine rings is 1. The zero-order valence-electron chi connectivity index (χ0n) is 11.9. The van der Waals surface area contributed by atoms with Crippen LogP contribution in [0, 0.1) is 5.92 Å². The number of hydrogen-bond acceptors (Lipinski definition) is 4. The predicted octanol–water partition coefficient (Wildman–Crippen LogP) is 2.15. The molecule has 1 atom stereocenters. The van der Waals surface area contributed by atoms with E-state index in [9.17, 15) is 0 Å². The van der Waals surface area contributed by atoms with Gasteiger partial charge in [-0.1, -0.05) is 11.3 Å². The van der Waals surface area contributed by atoms with E-state index in [1.54, 1.807) is 6.20 Å². The minimum atomic E-state index is 0.406. The third kappa shape index (κ3) is 3.04. The fourth-order valence-electron chi connectivity index (χ4n) is 2.93. The van der Waals surface area contributed by atoms with Crippen molar-refractivity contribution in [2.45, 2.75) is 32.4 Å². The third-order valence-corrected chi connectivity index (χ3v) is 4.23. The van der Waals surface area contributed by atoms with Crippen LogP contribution in [0.25, 0.3) is 0 Å². The van der Waals surface area contributed by atoms with E-state index in [-0.39, 0.29) is 0 Å². The molecule has 0 aliphatic carbocycles. The van der Waals surface area contributed by atoms with E-state index in [1.165, 1.54) is 18.5 Å². The molecule has 0 amide bonds. The molecule has 1 fully saturated rings. The summed E-state index contributed by atoms with van der Waals surface area (Å²) >= 11 is 0. The van der Waals surface area contributed by atoms with E-state index in [1.807, 2.05) is 23.1 Å². The Hall–Kier alpha value is -1.75. The van der Waals surface area contributed by atoms with Gasteiger partial charge in [-0.3, -0.25) is 14.6 Å². The monoisotopic (exact) mass is 271 g/mol. The molecular weight excluding hydrogens is 250 g/mol. The molecule has 0 radical (unpaired) electrons. The second-order valence-electron chi connectivity index (χ2n) is 5.54. The topological polar surface area (TPSA) is 46.8 Å². The molecule has 3 rings (SSSR count). The van der Waals surface area contributed by atoms with E-state index in [0.717, 1.165) is 19.6 Å². The molecule has 5 nitrogen and oxygen atoms in total. The van der Waals surface area contributed by atoms with Gasteiger partial charge in [0.25, 0.3) is 0 Å². The summed E-state index contributed by atoms with van der Waals surface area (Å²) in [6.07, 6.45) is 8.01. The van der Waals surface area contributed by atoms with Crippen molar-refractivity contribution < 1.29 is 0 Å². The van der Waals surface area contributed by atoms with E-state index in [0.29, 0.717) is 12.0 Å². The first-order chi connectivity index (χ1) is 9.83. The molecule has 5 heteroatoms. The maximum atomic E-state index is 4.47. The largest absolute Gasteiger partial charge is 0.295 e. The van der Waals surface area contributed by atoms with Crippen molar-refractivity contribution in [2.24, 2.45) is 5.92 Å². The Morgan fingerprint density at radius 1 is 1.25 bits per heavy atom. The van der Waals surface area contributed by atoms with Crippen LogP contribution in [-0.4, -0.2) is 38.0 Å². The van der Waals surface area contributed by atoms with Crippen molar-refractivity contribution in [2.75, 3.05) is 13.1 Å². The summed E-state index contributed by atoms with van der Waals surface area (Å²) in [5.41, 5.74) is 1.17. The Morgan fingerprint density at radius 3 is 2.75 bits per heavy atom. The fourth-order valence-corrected chi connectivity index (χ4v) is 2.93. The van der Waals surface area contributed by atoms with Gasteiger partial charge in [0, 0.05) is 25.0 Å². The number of piperidine rings is 1. The molecule has 20 heavy (non-hydrogen) atoms. The minimum Gasteiger partial charge on any atom is -0.295 e. The van der Waals surface area contributed by atoms with Gasteiger partial charge >= 0.3 is 0 Å². The second kappa shape index (κ2) is 6.13.